The number of alkyl carbamates (subject to hydrolysis) is 2. The highest BCUT2D eigenvalue weighted by atomic mass is 32.2. The highest BCUT2D eigenvalue weighted by Crippen LogP contribution is 2.29. The molecule has 3 rings (SSSR count). The van der Waals surface area contributed by atoms with Crippen LogP contribution in [0, 0.1) is 5.82 Å². The van der Waals surface area contributed by atoms with E-state index in [1.54, 1.807) is 54.5 Å². The quantitative estimate of drug-likeness (QED) is 0.507. The van der Waals surface area contributed by atoms with Crippen LogP contribution in [-0.4, -0.2) is 90.2 Å². The number of amides is 3. The van der Waals surface area contributed by atoms with Gasteiger partial charge in [0.15, 0.2) is 5.82 Å². The van der Waals surface area contributed by atoms with Crippen molar-refractivity contribution in [2.75, 3.05) is 26.2 Å². The largest absolute Gasteiger partial charge is 0.444 e. The van der Waals surface area contributed by atoms with E-state index in [4.69, 9.17) is 9.47 Å². The first-order chi connectivity index (χ1) is 19.4. The number of nitrogens with one attached hydrogen (secondary N) is 2. The van der Waals surface area contributed by atoms with Gasteiger partial charge in [0, 0.05) is 42.6 Å². The van der Waals surface area contributed by atoms with Gasteiger partial charge in [-0.1, -0.05) is 12.1 Å². The number of aromatic nitrogens is 1. The SMILES string of the molecule is C[C@H]1CN(C(=O)[C@@H](CNC(=O)OC(C)(C)C)NC(=O)OC(C)(C)C)CCCN1S(=O)(=O)c1cccc2cncc(F)c12. The molecule has 12 nitrogen and oxygen atoms in total. The minimum Gasteiger partial charge on any atom is -0.444 e. The standard InChI is InChI=1S/C28H40FN5O7S/c1-18-17-33(24(35)21(32-26(37)41-28(5,6)7)16-31-25(36)40-27(2,3)4)12-9-13-34(18)42(38,39)22-11-8-10-19-14-30-15-20(29)23(19)22/h8,10-11,14-15,18,21H,9,12-13,16-17H2,1-7H3,(H,31,36)(H,32,37)/t18-,21+/m0/s1. The molecule has 2 aromatic rings. The summed E-state index contributed by atoms with van der Waals surface area (Å²) in [6, 6.07) is 2.55. The van der Waals surface area contributed by atoms with Crippen LogP contribution in [-0.2, 0) is 24.3 Å². The number of ether oxygens (including phenoxy) is 2. The lowest BCUT2D eigenvalue weighted by molar-refractivity contribution is -0.133. The van der Waals surface area contributed by atoms with Crippen molar-refractivity contribution in [2.45, 2.75) is 83.1 Å². The van der Waals surface area contributed by atoms with Gasteiger partial charge in [-0.15, -0.1) is 0 Å². The topological polar surface area (TPSA) is 147 Å². The van der Waals surface area contributed by atoms with Crippen LogP contribution < -0.4 is 10.6 Å². The maximum absolute atomic E-state index is 14.7. The van der Waals surface area contributed by atoms with Crippen molar-refractivity contribution >= 4 is 38.9 Å². The molecule has 1 aliphatic rings. The Bertz CT molecular complexity index is 1420. The Morgan fingerprint density at radius 3 is 2.33 bits per heavy atom. The van der Waals surface area contributed by atoms with Crippen LogP contribution in [0.1, 0.15) is 54.9 Å². The Balaban J connectivity index is 1.82. The van der Waals surface area contributed by atoms with E-state index in [2.05, 4.69) is 15.6 Å². The van der Waals surface area contributed by atoms with Crippen LogP contribution in [0.3, 0.4) is 0 Å². The Hall–Kier alpha value is -3.52. The molecule has 2 N–H and O–H groups in total. The predicted octanol–water partition coefficient (Wildman–Crippen LogP) is 3.40. The smallest absolute Gasteiger partial charge is 0.408 e. The summed E-state index contributed by atoms with van der Waals surface area (Å²) in [5.41, 5.74) is -1.61. The van der Waals surface area contributed by atoms with Gasteiger partial charge < -0.3 is 25.0 Å². The van der Waals surface area contributed by atoms with Crippen molar-refractivity contribution in [2.24, 2.45) is 0 Å². The van der Waals surface area contributed by atoms with Crippen molar-refractivity contribution in [1.29, 1.82) is 0 Å². The number of hydrogen-bond donors (Lipinski definition) is 2. The molecule has 1 fully saturated rings. The number of pyridine rings is 1. The van der Waals surface area contributed by atoms with Gasteiger partial charge in [0.1, 0.15) is 17.2 Å². The van der Waals surface area contributed by atoms with Crippen LogP contribution >= 0.6 is 0 Å². The lowest BCUT2D eigenvalue weighted by Crippen LogP contribution is -2.56. The maximum atomic E-state index is 14.7. The Kier molecular flexibility index (Phi) is 10.0. The molecule has 0 bridgehead atoms. The Morgan fingerprint density at radius 1 is 1.05 bits per heavy atom. The second-order valence-corrected chi connectivity index (χ2v) is 14.0. The molecule has 0 spiro atoms. The molecule has 0 radical (unpaired) electrons. The van der Waals surface area contributed by atoms with Crippen LogP contribution in [0.2, 0.25) is 0 Å². The lowest BCUT2D eigenvalue weighted by Gasteiger charge is -2.31. The average Bonchev–Trinajstić information content (AvgIpc) is 3.05. The third kappa shape index (κ3) is 8.51. The van der Waals surface area contributed by atoms with Crippen molar-refractivity contribution in [3.8, 4) is 0 Å². The van der Waals surface area contributed by atoms with Crippen molar-refractivity contribution in [1.82, 2.24) is 24.8 Å². The van der Waals surface area contributed by atoms with Gasteiger partial charge in [0.2, 0.25) is 15.9 Å². The number of rotatable bonds is 6. The van der Waals surface area contributed by atoms with Crippen molar-refractivity contribution < 1.29 is 36.7 Å². The second-order valence-electron chi connectivity index (χ2n) is 12.2. The maximum Gasteiger partial charge on any atom is 0.408 e. The minimum absolute atomic E-state index is 0.00813. The molecule has 1 aliphatic heterocycles. The number of sulfonamides is 1. The van der Waals surface area contributed by atoms with Gasteiger partial charge in [0.05, 0.1) is 17.6 Å². The number of fused-ring (bicyclic) bond motifs is 1. The monoisotopic (exact) mass is 609 g/mol. The molecular formula is C28H40FN5O7S. The Morgan fingerprint density at radius 2 is 1.69 bits per heavy atom. The Labute approximate surface area is 246 Å². The van der Waals surface area contributed by atoms with E-state index in [1.807, 2.05) is 0 Å². The molecule has 42 heavy (non-hydrogen) atoms. The summed E-state index contributed by atoms with van der Waals surface area (Å²) in [6.07, 6.45) is 1.02. The summed E-state index contributed by atoms with van der Waals surface area (Å²) in [5, 5.41) is 5.32. The van der Waals surface area contributed by atoms with E-state index >= 15 is 0 Å². The highest BCUT2D eigenvalue weighted by molar-refractivity contribution is 7.89. The fraction of sp³-hybridized carbons (Fsp3) is 0.571. The van der Waals surface area contributed by atoms with Gasteiger partial charge in [-0.25, -0.2) is 22.4 Å². The van der Waals surface area contributed by atoms with Gasteiger partial charge in [-0.05, 0) is 61.0 Å². The molecule has 0 unspecified atom stereocenters. The molecule has 14 heteroatoms. The molecule has 1 aromatic heterocycles. The fourth-order valence-corrected chi connectivity index (χ4v) is 6.45. The van der Waals surface area contributed by atoms with Crippen LogP contribution in [0.25, 0.3) is 10.8 Å². The summed E-state index contributed by atoms with van der Waals surface area (Å²) >= 11 is 0. The summed E-state index contributed by atoms with van der Waals surface area (Å²) in [5.74, 6) is -1.29. The van der Waals surface area contributed by atoms with Crippen LogP contribution in [0.5, 0.6) is 0 Å². The number of benzene rings is 1. The van der Waals surface area contributed by atoms with Crippen molar-refractivity contribution in [3.63, 3.8) is 0 Å². The fourth-order valence-electron chi connectivity index (χ4n) is 4.57. The molecule has 0 aliphatic carbocycles. The van der Waals surface area contributed by atoms with E-state index in [9.17, 15) is 27.2 Å². The van der Waals surface area contributed by atoms with Gasteiger partial charge >= 0.3 is 12.2 Å². The number of nitrogens with zero attached hydrogens (tertiary/aromatic N) is 3. The summed E-state index contributed by atoms with van der Waals surface area (Å²) in [4.78, 5) is 43.6. The number of hydrogen-bond acceptors (Lipinski definition) is 8. The zero-order chi connectivity index (χ0) is 31.5. The van der Waals surface area contributed by atoms with Crippen LogP contribution in [0.4, 0.5) is 14.0 Å². The highest BCUT2D eigenvalue weighted by Gasteiger charge is 2.37. The van der Waals surface area contributed by atoms with Gasteiger partial charge in [0.25, 0.3) is 0 Å². The van der Waals surface area contributed by atoms with Gasteiger partial charge in [-0.3, -0.25) is 9.78 Å². The zero-order valence-electron chi connectivity index (χ0n) is 25.1. The predicted molar refractivity (Wildman–Crippen MR) is 154 cm³/mol. The summed E-state index contributed by atoms with van der Waals surface area (Å²) in [6.45, 7) is 11.7. The first-order valence-corrected chi connectivity index (χ1v) is 15.1. The van der Waals surface area contributed by atoms with E-state index in [0.717, 1.165) is 6.20 Å². The minimum atomic E-state index is -4.17. The van der Waals surface area contributed by atoms with E-state index in [-0.39, 0.29) is 42.9 Å². The molecule has 3 amide bonds. The first-order valence-electron chi connectivity index (χ1n) is 13.7. The molecule has 0 saturated carbocycles. The van der Waals surface area contributed by atoms with Gasteiger partial charge in [-0.2, -0.15) is 4.31 Å². The van der Waals surface area contributed by atoms with E-state index in [0.29, 0.717) is 5.39 Å². The van der Waals surface area contributed by atoms with E-state index in [1.165, 1.54) is 27.5 Å². The lowest BCUT2D eigenvalue weighted by atomic mass is 10.2. The molecule has 1 aromatic carbocycles. The molecular weight excluding hydrogens is 569 g/mol. The summed E-state index contributed by atoms with van der Waals surface area (Å²) < 4.78 is 54.1. The second kappa shape index (κ2) is 12.8. The summed E-state index contributed by atoms with van der Waals surface area (Å²) in [7, 11) is -4.17. The zero-order valence-corrected chi connectivity index (χ0v) is 25.9. The average molecular weight is 610 g/mol. The van der Waals surface area contributed by atoms with Crippen LogP contribution in [0.15, 0.2) is 35.5 Å². The third-order valence-corrected chi connectivity index (χ3v) is 8.27. The molecule has 1 saturated heterocycles. The third-order valence-electron chi connectivity index (χ3n) is 6.22. The number of carbonyl (C=O) groups is 3. The molecule has 232 valence electrons. The molecule has 2 heterocycles. The first kappa shape index (κ1) is 33.0. The van der Waals surface area contributed by atoms with Crippen molar-refractivity contribution in [3.05, 3.63) is 36.4 Å². The van der Waals surface area contributed by atoms with E-state index < -0.39 is 57.2 Å². The number of carbonyl (C=O) groups excluding carboxylic acids is 3. The molecule has 2 atom stereocenters. The number of halogens is 1. The normalized spacial score (nSPS) is 17.7.